The summed E-state index contributed by atoms with van der Waals surface area (Å²) in [6.45, 7) is 6.17. The third-order valence-electron chi connectivity index (χ3n) is 4.55. The summed E-state index contributed by atoms with van der Waals surface area (Å²) in [5.74, 6) is 0.325. The fourth-order valence-corrected chi connectivity index (χ4v) is 3.43. The van der Waals surface area contributed by atoms with Crippen molar-refractivity contribution in [3.63, 3.8) is 0 Å². The minimum absolute atomic E-state index is 0.0343. The molecule has 22 heavy (non-hydrogen) atoms. The summed E-state index contributed by atoms with van der Waals surface area (Å²) in [7, 11) is 0. The first-order valence-electron chi connectivity index (χ1n) is 8.25. The fraction of sp³-hybridized carbons (Fsp3) is 0.286. The molecular formula is C21H22O. The largest absolute Gasteiger partial charge is 0.293 e. The van der Waals surface area contributed by atoms with E-state index < -0.39 is 0 Å². The predicted octanol–water partition coefficient (Wildman–Crippen LogP) is 5.18. The van der Waals surface area contributed by atoms with Gasteiger partial charge in [0.1, 0.15) is 0 Å². The molecule has 0 saturated carbocycles. The first-order chi connectivity index (χ1) is 10.8. The van der Waals surface area contributed by atoms with Gasteiger partial charge in [0, 0.05) is 5.56 Å². The van der Waals surface area contributed by atoms with Crippen molar-refractivity contribution >= 4 is 17.4 Å². The molecule has 4 rings (SSSR count). The van der Waals surface area contributed by atoms with Crippen LogP contribution in [0.25, 0.3) is 11.6 Å². The first kappa shape index (κ1) is 14.8. The number of benzene rings is 2. The minimum atomic E-state index is 0.0343. The second-order valence-corrected chi connectivity index (χ2v) is 5.65. The highest BCUT2D eigenvalue weighted by Crippen LogP contribution is 2.43. The zero-order chi connectivity index (χ0) is 15.7. The molecule has 0 aliphatic heterocycles. The van der Waals surface area contributed by atoms with Crippen molar-refractivity contribution in [1.29, 1.82) is 0 Å². The molecule has 1 heteroatoms. The molecule has 1 unspecified atom stereocenters. The van der Waals surface area contributed by atoms with Gasteiger partial charge in [-0.05, 0) is 40.7 Å². The predicted molar refractivity (Wildman–Crippen MR) is 93.0 cm³/mol. The standard InChI is InChI=1S/C19H16O.C2H6/c1-2-12-7-8-13-10-17-15-5-3-4-6-16(15)19(20)18(17)11-14(13)9-12;1-2/h3-10,18H,2,11H2,1H3;1-2H3. The molecule has 2 aliphatic carbocycles. The van der Waals surface area contributed by atoms with Gasteiger partial charge < -0.3 is 0 Å². The maximum absolute atomic E-state index is 12.6. The lowest BCUT2D eigenvalue weighted by Crippen LogP contribution is -2.15. The van der Waals surface area contributed by atoms with Crippen LogP contribution in [0.5, 0.6) is 0 Å². The third-order valence-corrected chi connectivity index (χ3v) is 4.55. The van der Waals surface area contributed by atoms with Crippen LogP contribution in [-0.2, 0) is 12.8 Å². The highest BCUT2D eigenvalue weighted by molar-refractivity contribution is 6.17. The zero-order valence-corrected chi connectivity index (χ0v) is 13.5. The minimum Gasteiger partial charge on any atom is -0.293 e. The second-order valence-electron chi connectivity index (χ2n) is 5.65. The van der Waals surface area contributed by atoms with E-state index in [0.717, 1.165) is 24.0 Å². The molecule has 1 atom stereocenters. The van der Waals surface area contributed by atoms with Gasteiger partial charge in [0.15, 0.2) is 5.78 Å². The molecule has 0 saturated heterocycles. The molecule has 0 aromatic heterocycles. The van der Waals surface area contributed by atoms with Crippen LogP contribution in [0.3, 0.4) is 0 Å². The van der Waals surface area contributed by atoms with Crippen molar-refractivity contribution in [2.24, 2.45) is 5.92 Å². The topological polar surface area (TPSA) is 17.1 Å². The number of hydrogen-bond acceptors (Lipinski definition) is 1. The normalized spacial score (nSPS) is 17.7. The van der Waals surface area contributed by atoms with Crippen molar-refractivity contribution in [3.05, 3.63) is 70.3 Å². The van der Waals surface area contributed by atoms with E-state index >= 15 is 0 Å². The quantitative estimate of drug-likeness (QED) is 0.707. The van der Waals surface area contributed by atoms with E-state index in [2.05, 4.69) is 37.3 Å². The van der Waals surface area contributed by atoms with Gasteiger partial charge in [-0.15, -0.1) is 0 Å². The Morgan fingerprint density at radius 2 is 1.77 bits per heavy atom. The summed E-state index contributed by atoms with van der Waals surface area (Å²) in [5.41, 5.74) is 7.18. The second kappa shape index (κ2) is 5.92. The average Bonchev–Trinajstić information content (AvgIpc) is 2.87. The maximum atomic E-state index is 12.6. The van der Waals surface area contributed by atoms with Crippen molar-refractivity contribution in [2.45, 2.75) is 33.6 Å². The molecule has 0 fully saturated rings. The van der Waals surface area contributed by atoms with Gasteiger partial charge in [-0.3, -0.25) is 4.79 Å². The number of aryl methyl sites for hydroxylation is 1. The van der Waals surface area contributed by atoms with Crippen molar-refractivity contribution in [2.75, 3.05) is 0 Å². The summed E-state index contributed by atoms with van der Waals surface area (Å²) < 4.78 is 0. The van der Waals surface area contributed by atoms with Crippen LogP contribution in [0.15, 0.2) is 42.5 Å². The lowest BCUT2D eigenvalue weighted by molar-refractivity contribution is 0.0958. The Labute approximate surface area is 132 Å². The van der Waals surface area contributed by atoms with Gasteiger partial charge in [0.05, 0.1) is 5.92 Å². The average molecular weight is 290 g/mol. The number of carbonyl (C=O) groups excluding carboxylic acids is 1. The highest BCUT2D eigenvalue weighted by Gasteiger charge is 2.37. The smallest absolute Gasteiger partial charge is 0.171 e. The summed E-state index contributed by atoms with van der Waals surface area (Å²) in [6.07, 6.45) is 4.11. The SMILES string of the molecule is CC.CCc1ccc2c(c1)CC1C(=O)c3ccccc3C1=C2. The summed E-state index contributed by atoms with van der Waals surface area (Å²) >= 11 is 0. The first-order valence-corrected chi connectivity index (χ1v) is 8.25. The van der Waals surface area contributed by atoms with E-state index in [0.29, 0.717) is 5.78 Å². The Kier molecular flexibility index (Phi) is 3.98. The molecular weight excluding hydrogens is 268 g/mol. The van der Waals surface area contributed by atoms with Crippen LogP contribution >= 0.6 is 0 Å². The van der Waals surface area contributed by atoms with Crippen LogP contribution in [0.4, 0.5) is 0 Å². The lowest BCUT2D eigenvalue weighted by atomic mass is 9.83. The van der Waals surface area contributed by atoms with Gasteiger partial charge in [-0.2, -0.15) is 0 Å². The van der Waals surface area contributed by atoms with Gasteiger partial charge in [0.25, 0.3) is 0 Å². The molecule has 0 N–H and O–H groups in total. The van der Waals surface area contributed by atoms with Crippen molar-refractivity contribution in [3.8, 4) is 0 Å². The van der Waals surface area contributed by atoms with Crippen LogP contribution in [-0.4, -0.2) is 5.78 Å². The fourth-order valence-electron chi connectivity index (χ4n) is 3.43. The number of carbonyl (C=O) groups is 1. The number of ketones is 1. The molecule has 2 aromatic carbocycles. The Hall–Kier alpha value is -2.15. The van der Waals surface area contributed by atoms with E-state index in [-0.39, 0.29) is 5.92 Å². The Morgan fingerprint density at radius 3 is 2.50 bits per heavy atom. The van der Waals surface area contributed by atoms with Gasteiger partial charge in [0.2, 0.25) is 0 Å². The Bertz CT molecular complexity index is 752. The highest BCUT2D eigenvalue weighted by atomic mass is 16.1. The molecule has 0 amide bonds. The Balaban J connectivity index is 0.000000693. The molecule has 0 heterocycles. The van der Waals surface area contributed by atoms with Crippen LogP contribution in [0.1, 0.15) is 53.4 Å². The summed E-state index contributed by atoms with van der Waals surface area (Å²) in [4.78, 5) is 12.6. The number of rotatable bonds is 1. The van der Waals surface area contributed by atoms with Crippen molar-refractivity contribution in [1.82, 2.24) is 0 Å². The van der Waals surface area contributed by atoms with E-state index in [9.17, 15) is 4.79 Å². The Morgan fingerprint density at radius 1 is 1.05 bits per heavy atom. The van der Waals surface area contributed by atoms with Crippen LogP contribution in [0, 0.1) is 5.92 Å². The third kappa shape index (κ3) is 2.21. The number of Topliss-reactive ketones (excluding diaryl/α,β-unsaturated/α-hetero) is 1. The van der Waals surface area contributed by atoms with Crippen LogP contribution in [0.2, 0.25) is 0 Å². The number of fused-ring (bicyclic) bond motifs is 4. The molecule has 1 nitrogen and oxygen atoms in total. The van der Waals surface area contributed by atoms with Crippen molar-refractivity contribution < 1.29 is 4.79 Å². The molecule has 2 aliphatic rings. The van der Waals surface area contributed by atoms with Gasteiger partial charge >= 0.3 is 0 Å². The molecule has 0 bridgehead atoms. The molecule has 0 radical (unpaired) electrons. The van der Waals surface area contributed by atoms with Crippen LogP contribution < -0.4 is 0 Å². The van der Waals surface area contributed by atoms with E-state index in [4.69, 9.17) is 0 Å². The lowest BCUT2D eigenvalue weighted by Gasteiger charge is -2.20. The van der Waals surface area contributed by atoms with Gasteiger partial charge in [-0.1, -0.05) is 69.3 Å². The van der Waals surface area contributed by atoms with E-state index in [1.807, 2.05) is 32.0 Å². The molecule has 112 valence electrons. The van der Waals surface area contributed by atoms with E-state index in [1.54, 1.807) is 0 Å². The number of hydrogen-bond donors (Lipinski definition) is 0. The zero-order valence-electron chi connectivity index (χ0n) is 13.5. The number of allylic oxidation sites excluding steroid dienone is 1. The molecule has 0 spiro atoms. The monoisotopic (exact) mass is 290 g/mol. The van der Waals surface area contributed by atoms with E-state index in [1.165, 1.54) is 22.3 Å². The van der Waals surface area contributed by atoms with Gasteiger partial charge in [-0.25, -0.2) is 0 Å². The maximum Gasteiger partial charge on any atom is 0.171 e. The molecule has 2 aromatic rings. The summed E-state index contributed by atoms with van der Waals surface area (Å²) in [5, 5.41) is 0. The summed E-state index contributed by atoms with van der Waals surface area (Å²) in [6, 6.07) is 14.7.